The number of aliphatic hydroxyl groups is 1. The molecular weight excluding hydrogens is 545 g/mol. The van der Waals surface area contributed by atoms with E-state index >= 15 is 0 Å². The minimum Gasteiger partial charge on any atom is -0.390 e. The normalized spacial score (nSPS) is 14.8. The van der Waals surface area contributed by atoms with Gasteiger partial charge in [0.2, 0.25) is 0 Å². The zero-order chi connectivity index (χ0) is 28.2. The van der Waals surface area contributed by atoms with Crippen LogP contribution >= 0.6 is 23.2 Å². The molecule has 1 aromatic heterocycles. The van der Waals surface area contributed by atoms with Gasteiger partial charge in [0.15, 0.2) is 0 Å². The largest absolute Gasteiger partial charge is 0.390 e. The molecule has 0 bridgehead atoms. The molecule has 0 spiro atoms. The Kier molecular flexibility index (Phi) is 8.76. The number of anilines is 1. The lowest BCUT2D eigenvalue weighted by molar-refractivity contribution is 0.0847. The predicted molar refractivity (Wildman–Crippen MR) is 162 cm³/mol. The van der Waals surface area contributed by atoms with E-state index in [-0.39, 0.29) is 12.5 Å². The van der Waals surface area contributed by atoms with Gasteiger partial charge in [-0.1, -0.05) is 71.7 Å². The summed E-state index contributed by atoms with van der Waals surface area (Å²) in [5, 5.41) is 15.0. The highest BCUT2D eigenvalue weighted by Crippen LogP contribution is 2.30. The van der Waals surface area contributed by atoms with E-state index in [2.05, 4.69) is 21.2 Å². The third-order valence-corrected chi connectivity index (χ3v) is 8.10. The average Bonchev–Trinajstić information content (AvgIpc) is 3.31. The maximum atomic E-state index is 13.3. The summed E-state index contributed by atoms with van der Waals surface area (Å²) in [5.41, 5.74) is 4.84. The molecule has 1 aliphatic heterocycles. The Hall–Kier alpha value is -3.36. The summed E-state index contributed by atoms with van der Waals surface area (Å²) in [7, 11) is 0. The summed E-state index contributed by atoms with van der Waals surface area (Å²) in [6.07, 6.45) is -0.706. The molecule has 2 N–H and O–H groups in total. The van der Waals surface area contributed by atoms with Gasteiger partial charge in [0.05, 0.1) is 22.5 Å². The Balaban J connectivity index is 1.23. The molecule has 1 aliphatic rings. The average molecular weight is 579 g/mol. The SMILES string of the molecule is Cc1c(Cl)cccc1N1CCN(CC(O)CNC(=O)c2nc(-c3ccccc3)n(-c3ccccc3Cl)c2C)CC1. The molecule has 0 saturated carbocycles. The molecule has 0 radical (unpaired) electrons. The first-order chi connectivity index (χ1) is 19.3. The lowest BCUT2D eigenvalue weighted by Crippen LogP contribution is -2.50. The monoisotopic (exact) mass is 577 g/mol. The van der Waals surface area contributed by atoms with Gasteiger partial charge in [-0.25, -0.2) is 4.98 Å². The molecule has 208 valence electrons. The highest BCUT2D eigenvalue weighted by atomic mass is 35.5. The first kappa shape index (κ1) is 28.2. The van der Waals surface area contributed by atoms with Gasteiger partial charge in [0.1, 0.15) is 11.5 Å². The Morgan fingerprint density at radius 1 is 0.900 bits per heavy atom. The number of carbonyl (C=O) groups is 1. The van der Waals surface area contributed by atoms with Crippen LogP contribution in [0.1, 0.15) is 21.7 Å². The molecule has 7 nitrogen and oxygen atoms in total. The maximum Gasteiger partial charge on any atom is 0.271 e. The number of benzene rings is 3. The quantitative estimate of drug-likeness (QED) is 0.294. The Bertz CT molecular complexity index is 1480. The standard InChI is InChI=1S/C31H33Cl2N5O2/c1-21-25(32)12-8-14-27(21)37-17-15-36(16-18-37)20-24(39)19-34-31(40)29-22(2)38(28-13-7-6-11-26(28)33)30(35-29)23-9-4-3-5-10-23/h3-14,24,39H,15-20H2,1-2H3,(H,34,40). The van der Waals surface area contributed by atoms with Gasteiger partial charge < -0.3 is 15.3 Å². The number of hydrogen-bond donors (Lipinski definition) is 2. The lowest BCUT2D eigenvalue weighted by atomic mass is 10.1. The van der Waals surface area contributed by atoms with Crippen molar-refractivity contribution in [3.63, 3.8) is 0 Å². The molecule has 1 unspecified atom stereocenters. The van der Waals surface area contributed by atoms with Gasteiger partial charge in [-0.05, 0) is 43.7 Å². The second-order valence-electron chi connectivity index (χ2n) is 10.1. The van der Waals surface area contributed by atoms with Crippen LogP contribution in [0.25, 0.3) is 17.1 Å². The third-order valence-electron chi connectivity index (χ3n) is 7.37. The number of piperazine rings is 1. The number of hydrogen-bond acceptors (Lipinski definition) is 5. The van der Waals surface area contributed by atoms with E-state index < -0.39 is 6.10 Å². The van der Waals surface area contributed by atoms with Crippen LogP contribution in [0.5, 0.6) is 0 Å². The van der Waals surface area contributed by atoms with Crippen molar-refractivity contribution >= 4 is 34.8 Å². The molecule has 9 heteroatoms. The molecule has 1 fully saturated rings. The number of para-hydroxylation sites is 1. The van der Waals surface area contributed by atoms with E-state index in [1.54, 1.807) is 0 Å². The smallest absolute Gasteiger partial charge is 0.271 e. The fourth-order valence-electron chi connectivity index (χ4n) is 5.19. The zero-order valence-corrected chi connectivity index (χ0v) is 24.2. The minimum atomic E-state index is -0.706. The van der Waals surface area contributed by atoms with E-state index in [0.29, 0.717) is 28.8 Å². The van der Waals surface area contributed by atoms with E-state index in [9.17, 15) is 9.90 Å². The molecule has 0 aliphatic carbocycles. The van der Waals surface area contributed by atoms with E-state index in [0.717, 1.165) is 53.7 Å². The second kappa shape index (κ2) is 12.4. The molecule has 4 aromatic rings. The van der Waals surface area contributed by atoms with Crippen molar-refractivity contribution in [2.24, 2.45) is 0 Å². The van der Waals surface area contributed by atoms with Crippen LogP contribution in [0.3, 0.4) is 0 Å². The molecule has 1 amide bonds. The van der Waals surface area contributed by atoms with Crippen LogP contribution in [-0.4, -0.2) is 70.8 Å². The first-order valence-corrected chi connectivity index (χ1v) is 14.2. The topological polar surface area (TPSA) is 73.6 Å². The number of halogens is 2. The number of β-amino-alcohol motifs (C(OH)–C–C–N with tert-alkyl or cyclic N) is 1. The lowest BCUT2D eigenvalue weighted by Gasteiger charge is -2.37. The molecule has 5 rings (SSSR count). The van der Waals surface area contributed by atoms with Crippen LogP contribution in [-0.2, 0) is 0 Å². The molecule has 40 heavy (non-hydrogen) atoms. The number of aliphatic hydroxyl groups excluding tert-OH is 1. The number of rotatable bonds is 8. The van der Waals surface area contributed by atoms with Crippen molar-refractivity contribution in [1.82, 2.24) is 19.8 Å². The number of amides is 1. The summed E-state index contributed by atoms with van der Waals surface area (Å²) >= 11 is 12.8. The summed E-state index contributed by atoms with van der Waals surface area (Å²) in [4.78, 5) is 22.5. The maximum absolute atomic E-state index is 13.3. The van der Waals surface area contributed by atoms with Crippen LogP contribution in [0.2, 0.25) is 10.0 Å². The van der Waals surface area contributed by atoms with Gasteiger partial charge >= 0.3 is 0 Å². The van der Waals surface area contributed by atoms with Crippen molar-refractivity contribution in [1.29, 1.82) is 0 Å². The Morgan fingerprint density at radius 3 is 2.27 bits per heavy atom. The van der Waals surface area contributed by atoms with Crippen LogP contribution in [0.4, 0.5) is 5.69 Å². The van der Waals surface area contributed by atoms with Crippen molar-refractivity contribution in [3.8, 4) is 17.1 Å². The second-order valence-corrected chi connectivity index (χ2v) is 10.9. The van der Waals surface area contributed by atoms with Crippen molar-refractivity contribution in [2.75, 3.05) is 44.2 Å². The van der Waals surface area contributed by atoms with Gasteiger partial charge in [0, 0.05) is 55.5 Å². The van der Waals surface area contributed by atoms with Crippen LogP contribution < -0.4 is 10.2 Å². The van der Waals surface area contributed by atoms with Crippen LogP contribution in [0.15, 0.2) is 72.8 Å². The summed E-state index contributed by atoms with van der Waals surface area (Å²) < 4.78 is 1.91. The molecule has 2 heterocycles. The minimum absolute atomic E-state index is 0.130. The summed E-state index contributed by atoms with van der Waals surface area (Å²) in [6, 6.07) is 23.2. The number of nitrogens with one attached hydrogen (secondary N) is 1. The number of carbonyl (C=O) groups excluding carboxylic acids is 1. The number of nitrogens with zero attached hydrogens (tertiary/aromatic N) is 4. The van der Waals surface area contributed by atoms with E-state index in [1.165, 1.54) is 0 Å². The Morgan fingerprint density at radius 2 is 1.55 bits per heavy atom. The molecular formula is C31H33Cl2N5O2. The molecule has 1 saturated heterocycles. The zero-order valence-electron chi connectivity index (χ0n) is 22.6. The Labute approximate surface area is 245 Å². The van der Waals surface area contributed by atoms with Gasteiger partial charge in [-0.15, -0.1) is 0 Å². The number of imidazole rings is 1. The van der Waals surface area contributed by atoms with E-state index in [4.69, 9.17) is 28.2 Å². The fraction of sp³-hybridized carbons (Fsp3) is 0.290. The van der Waals surface area contributed by atoms with Crippen molar-refractivity contribution in [3.05, 3.63) is 99.8 Å². The summed E-state index contributed by atoms with van der Waals surface area (Å²) in [5.74, 6) is 0.297. The number of aromatic nitrogens is 2. The van der Waals surface area contributed by atoms with Gasteiger partial charge in [-0.3, -0.25) is 14.3 Å². The molecule has 3 aromatic carbocycles. The predicted octanol–water partition coefficient (Wildman–Crippen LogP) is 5.38. The first-order valence-electron chi connectivity index (χ1n) is 13.4. The highest BCUT2D eigenvalue weighted by Gasteiger charge is 2.24. The van der Waals surface area contributed by atoms with Crippen molar-refractivity contribution in [2.45, 2.75) is 20.0 Å². The van der Waals surface area contributed by atoms with Gasteiger partial charge in [0.25, 0.3) is 5.91 Å². The van der Waals surface area contributed by atoms with Crippen molar-refractivity contribution < 1.29 is 9.90 Å². The fourth-order valence-corrected chi connectivity index (χ4v) is 5.58. The molecule has 1 atom stereocenters. The van der Waals surface area contributed by atoms with E-state index in [1.807, 2.05) is 85.1 Å². The van der Waals surface area contributed by atoms with Gasteiger partial charge in [-0.2, -0.15) is 0 Å². The third kappa shape index (κ3) is 6.03. The summed E-state index contributed by atoms with van der Waals surface area (Å²) in [6.45, 7) is 7.84. The van der Waals surface area contributed by atoms with Crippen LogP contribution in [0, 0.1) is 13.8 Å². The highest BCUT2D eigenvalue weighted by molar-refractivity contribution is 6.32.